The molecule has 0 amide bonds. The topological polar surface area (TPSA) is 38.9 Å². The van der Waals surface area contributed by atoms with E-state index < -0.39 is 6.43 Å². The van der Waals surface area contributed by atoms with E-state index in [4.69, 9.17) is 5.73 Å². The van der Waals surface area contributed by atoms with Crippen molar-refractivity contribution in [2.45, 2.75) is 11.8 Å². The highest BCUT2D eigenvalue weighted by Gasteiger charge is 2.15. The highest BCUT2D eigenvalue weighted by molar-refractivity contribution is 9.10. The molecular formula is C7H6Br2F2N2. The van der Waals surface area contributed by atoms with Gasteiger partial charge < -0.3 is 5.73 Å². The van der Waals surface area contributed by atoms with Crippen LogP contribution >= 0.6 is 31.9 Å². The molecule has 0 saturated heterocycles. The van der Waals surface area contributed by atoms with Gasteiger partial charge in [0, 0.05) is 9.80 Å². The molecule has 0 atom stereocenters. The summed E-state index contributed by atoms with van der Waals surface area (Å²) in [7, 11) is 0. The number of hydrogen-bond acceptors (Lipinski definition) is 2. The molecule has 6 heteroatoms. The van der Waals surface area contributed by atoms with Crippen LogP contribution in [0.25, 0.3) is 0 Å². The van der Waals surface area contributed by atoms with Crippen LogP contribution in [-0.2, 0) is 5.33 Å². The lowest BCUT2D eigenvalue weighted by Gasteiger charge is -2.07. The van der Waals surface area contributed by atoms with E-state index in [9.17, 15) is 8.78 Å². The fourth-order valence-electron chi connectivity index (χ4n) is 0.826. The van der Waals surface area contributed by atoms with Gasteiger partial charge in [0.05, 0.1) is 11.4 Å². The van der Waals surface area contributed by atoms with Gasteiger partial charge in [-0.2, -0.15) is 0 Å². The van der Waals surface area contributed by atoms with E-state index in [1.54, 1.807) is 0 Å². The maximum Gasteiger partial charge on any atom is 0.282 e. The summed E-state index contributed by atoms with van der Waals surface area (Å²) in [6.07, 6.45) is -2.63. The van der Waals surface area contributed by atoms with Crippen molar-refractivity contribution in [1.29, 1.82) is 0 Å². The Hall–Kier alpha value is -0.230. The van der Waals surface area contributed by atoms with E-state index >= 15 is 0 Å². The molecule has 72 valence electrons. The third-order valence-electron chi connectivity index (χ3n) is 1.44. The van der Waals surface area contributed by atoms with Crippen LogP contribution < -0.4 is 5.73 Å². The van der Waals surface area contributed by atoms with Gasteiger partial charge in [0.25, 0.3) is 6.43 Å². The number of aromatic nitrogens is 1. The number of pyridine rings is 1. The Bertz CT molecular complexity index is 318. The van der Waals surface area contributed by atoms with E-state index in [-0.39, 0.29) is 11.4 Å². The summed E-state index contributed by atoms with van der Waals surface area (Å²) in [5.41, 5.74) is 5.52. The SMILES string of the molecule is Nc1cc(Br)c(CBr)nc1C(F)F. The van der Waals surface area contributed by atoms with Crippen molar-refractivity contribution in [2.24, 2.45) is 0 Å². The average molecular weight is 316 g/mol. The van der Waals surface area contributed by atoms with Crippen LogP contribution in [0.3, 0.4) is 0 Å². The van der Waals surface area contributed by atoms with Crippen LogP contribution in [0.5, 0.6) is 0 Å². The van der Waals surface area contributed by atoms with Crippen LogP contribution in [0, 0.1) is 0 Å². The molecule has 0 aromatic carbocycles. The van der Waals surface area contributed by atoms with Gasteiger partial charge in [-0.15, -0.1) is 0 Å². The first kappa shape index (κ1) is 10.8. The van der Waals surface area contributed by atoms with Crippen molar-refractivity contribution in [1.82, 2.24) is 4.98 Å². The molecule has 1 heterocycles. The number of rotatable bonds is 2. The molecular weight excluding hydrogens is 310 g/mol. The van der Waals surface area contributed by atoms with Gasteiger partial charge in [-0.05, 0) is 22.0 Å². The lowest BCUT2D eigenvalue weighted by molar-refractivity contribution is 0.147. The zero-order valence-electron chi connectivity index (χ0n) is 6.40. The van der Waals surface area contributed by atoms with Crippen molar-refractivity contribution in [2.75, 3.05) is 5.73 Å². The van der Waals surface area contributed by atoms with Gasteiger partial charge in [0.15, 0.2) is 0 Å². The smallest absolute Gasteiger partial charge is 0.282 e. The van der Waals surface area contributed by atoms with Gasteiger partial charge in [0.1, 0.15) is 5.69 Å². The van der Waals surface area contributed by atoms with Crippen molar-refractivity contribution in [3.63, 3.8) is 0 Å². The second-order valence-corrected chi connectivity index (χ2v) is 3.74. The van der Waals surface area contributed by atoms with Crippen LogP contribution in [-0.4, -0.2) is 4.98 Å². The molecule has 1 aromatic rings. The van der Waals surface area contributed by atoms with E-state index in [0.717, 1.165) is 0 Å². The lowest BCUT2D eigenvalue weighted by Crippen LogP contribution is -2.01. The summed E-state index contributed by atoms with van der Waals surface area (Å²) >= 11 is 6.31. The van der Waals surface area contributed by atoms with Gasteiger partial charge >= 0.3 is 0 Å². The molecule has 0 aliphatic heterocycles. The van der Waals surface area contributed by atoms with Gasteiger partial charge in [-0.1, -0.05) is 15.9 Å². The predicted octanol–water partition coefficient (Wildman–Crippen LogP) is 3.26. The zero-order valence-corrected chi connectivity index (χ0v) is 9.57. The Balaban J connectivity index is 3.22. The first-order valence-electron chi connectivity index (χ1n) is 3.35. The summed E-state index contributed by atoms with van der Waals surface area (Å²) in [6, 6.07) is 1.44. The molecule has 0 aliphatic rings. The molecule has 1 rings (SSSR count). The third kappa shape index (κ3) is 2.37. The minimum absolute atomic E-state index is 0.00609. The monoisotopic (exact) mass is 314 g/mol. The normalized spacial score (nSPS) is 10.8. The first-order chi connectivity index (χ1) is 6.06. The third-order valence-corrected chi connectivity index (χ3v) is 2.66. The molecule has 0 saturated carbocycles. The molecule has 2 N–H and O–H groups in total. The van der Waals surface area contributed by atoms with E-state index in [0.29, 0.717) is 15.5 Å². The maximum atomic E-state index is 12.3. The maximum absolute atomic E-state index is 12.3. The quantitative estimate of drug-likeness (QED) is 0.851. The highest BCUT2D eigenvalue weighted by Crippen LogP contribution is 2.28. The Morgan fingerprint density at radius 3 is 2.62 bits per heavy atom. The summed E-state index contributed by atoms with van der Waals surface area (Å²) in [6.45, 7) is 0. The Morgan fingerprint density at radius 2 is 2.15 bits per heavy atom. The highest BCUT2D eigenvalue weighted by atomic mass is 79.9. The Kier molecular flexibility index (Phi) is 3.61. The van der Waals surface area contributed by atoms with E-state index in [1.807, 2.05) is 0 Å². The first-order valence-corrected chi connectivity index (χ1v) is 5.26. The van der Waals surface area contributed by atoms with Crippen molar-refractivity contribution in [3.05, 3.63) is 21.9 Å². The van der Waals surface area contributed by atoms with Gasteiger partial charge in [-0.25, -0.2) is 13.8 Å². The molecule has 13 heavy (non-hydrogen) atoms. The zero-order chi connectivity index (χ0) is 10.0. The van der Waals surface area contributed by atoms with E-state index in [2.05, 4.69) is 36.8 Å². The molecule has 0 aliphatic carbocycles. The molecule has 1 aromatic heterocycles. The van der Waals surface area contributed by atoms with Crippen molar-refractivity contribution in [3.8, 4) is 0 Å². The molecule has 0 fully saturated rings. The number of anilines is 1. The lowest BCUT2D eigenvalue weighted by atomic mass is 10.3. The Labute approximate surface area is 90.8 Å². The van der Waals surface area contributed by atoms with Gasteiger partial charge in [0.2, 0.25) is 0 Å². The van der Waals surface area contributed by atoms with Crippen LogP contribution in [0.4, 0.5) is 14.5 Å². The minimum atomic E-state index is -2.63. The molecule has 0 bridgehead atoms. The number of nitrogens with zero attached hydrogens (tertiary/aromatic N) is 1. The summed E-state index contributed by atoms with van der Waals surface area (Å²) in [5.74, 6) is 0. The number of nitrogen functional groups attached to an aromatic ring is 1. The molecule has 0 unspecified atom stereocenters. The van der Waals surface area contributed by atoms with Crippen molar-refractivity contribution < 1.29 is 8.78 Å². The second kappa shape index (κ2) is 4.32. The van der Waals surface area contributed by atoms with Crippen LogP contribution in [0.15, 0.2) is 10.5 Å². The van der Waals surface area contributed by atoms with Crippen molar-refractivity contribution >= 4 is 37.5 Å². The van der Waals surface area contributed by atoms with Crippen LogP contribution in [0.2, 0.25) is 0 Å². The van der Waals surface area contributed by atoms with Gasteiger partial charge in [-0.3, -0.25) is 0 Å². The Morgan fingerprint density at radius 1 is 1.54 bits per heavy atom. The summed E-state index contributed by atoms with van der Waals surface area (Å²) < 4.78 is 25.2. The second-order valence-electron chi connectivity index (χ2n) is 2.33. The average Bonchev–Trinajstić information content (AvgIpc) is 2.03. The standard InChI is InChI=1S/C7H6Br2F2N2/c8-2-5-3(9)1-4(12)6(13-5)7(10)11/h1,7H,2,12H2. The largest absolute Gasteiger partial charge is 0.397 e. The molecule has 0 spiro atoms. The molecule has 0 radical (unpaired) electrons. The fraction of sp³-hybridized carbons (Fsp3) is 0.286. The number of halogens is 4. The summed E-state index contributed by atoms with van der Waals surface area (Å²) in [5, 5.41) is 0.410. The number of hydrogen-bond donors (Lipinski definition) is 1. The fourth-order valence-corrected chi connectivity index (χ4v) is 2.10. The summed E-state index contributed by atoms with van der Waals surface area (Å²) in [4.78, 5) is 3.72. The minimum Gasteiger partial charge on any atom is -0.397 e. The van der Waals surface area contributed by atoms with Crippen LogP contribution in [0.1, 0.15) is 17.8 Å². The number of alkyl halides is 3. The predicted molar refractivity (Wildman–Crippen MR) is 53.9 cm³/mol. The number of nitrogens with two attached hydrogens (primary N) is 1. The van der Waals surface area contributed by atoms with E-state index in [1.165, 1.54) is 6.07 Å². The molecule has 2 nitrogen and oxygen atoms in total.